The van der Waals surface area contributed by atoms with Gasteiger partial charge in [0.15, 0.2) is 11.5 Å². The molecule has 0 aliphatic carbocycles. The van der Waals surface area contributed by atoms with Gasteiger partial charge < -0.3 is 20.1 Å². The van der Waals surface area contributed by atoms with Gasteiger partial charge in [-0.25, -0.2) is 4.79 Å². The smallest absolute Gasteiger partial charge is 0.387 e. The molecule has 1 aromatic carbocycles. The fraction of sp³-hybridized carbons (Fsp3) is 0.632. The summed E-state index contributed by atoms with van der Waals surface area (Å²) in [5, 5.41) is 5.59. The van der Waals surface area contributed by atoms with Gasteiger partial charge >= 0.3 is 12.6 Å². The Labute approximate surface area is 159 Å². The zero-order valence-electron chi connectivity index (χ0n) is 16.1. The van der Waals surface area contributed by atoms with Gasteiger partial charge in [0.2, 0.25) is 0 Å². The number of nitrogens with zero attached hydrogens (tertiary/aromatic N) is 1. The van der Waals surface area contributed by atoms with Crippen molar-refractivity contribution in [2.75, 3.05) is 26.7 Å². The number of alkyl halides is 2. The molecule has 1 atom stereocenters. The lowest BCUT2D eigenvalue weighted by atomic mass is 9.98. The number of rotatable bonds is 8. The van der Waals surface area contributed by atoms with Crippen molar-refractivity contribution < 1.29 is 23.0 Å². The van der Waals surface area contributed by atoms with Crippen LogP contribution in [0.2, 0.25) is 0 Å². The molecule has 0 radical (unpaired) electrons. The molecule has 1 heterocycles. The van der Waals surface area contributed by atoms with Crippen molar-refractivity contribution in [3.05, 3.63) is 23.8 Å². The highest BCUT2D eigenvalue weighted by Gasteiger charge is 2.20. The van der Waals surface area contributed by atoms with E-state index in [9.17, 15) is 13.6 Å². The summed E-state index contributed by atoms with van der Waals surface area (Å²) in [6.45, 7) is 4.31. The number of ether oxygens (including phenoxy) is 2. The first kappa shape index (κ1) is 21.2. The SMILES string of the molecule is COc1ccc(CNC(=O)NCC(C)N2CCC(C)CC2)cc1OC(F)F. The molecule has 27 heavy (non-hydrogen) atoms. The Morgan fingerprint density at radius 2 is 1.96 bits per heavy atom. The number of amides is 2. The van der Waals surface area contributed by atoms with Gasteiger partial charge in [0.05, 0.1) is 7.11 Å². The molecule has 2 N–H and O–H groups in total. The molecule has 0 aromatic heterocycles. The molecule has 2 rings (SSSR count). The first-order chi connectivity index (χ1) is 12.9. The summed E-state index contributed by atoms with van der Waals surface area (Å²) in [5.74, 6) is 0.932. The second-order valence-electron chi connectivity index (χ2n) is 6.99. The molecule has 1 aliphatic rings. The zero-order valence-corrected chi connectivity index (χ0v) is 16.1. The largest absolute Gasteiger partial charge is 0.493 e. The van der Waals surface area contributed by atoms with Crippen LogP contribution in [0.4, 0.5) is 13.6 Å². The summed E-state index contributed by atoms with van der Waals surface area (Å²) < 4.78 is 34.4. The molecule has 1 fully saturated rings. The predicted molar refractivity (Wildman–Crippen MR) is 99.3 cm³/mol. The number of carbonyl (C=O) groups excluding carboxylic acids is 1. The van der Waals surface area contributed by atoms with E-state index in [4.69, 9.17) is 4.74 Å². The van der Waals surface area contributed by atoms with Crippen LogP contribution in [-0.4, -0.2) is 50.3 Å². The number of carbonyl (C=O) groups is 1. The number of urea groups is 1. The third-order valence-electron chi connectivity index (χ3n) is 4.90. The Kier molecular flexibility index (Phi) is 8.09. The van der Waals surface area contributed by atoms with E-state index in [0.717, 1.165) is 19.0 Å². The Bertz CT molecular complexity index is 608. The molecule has 152 valence electrons. The van der Waals surface area contributed by atoms with Gasteiger partial charge in [0, 0.05) is 19.1 Å². The van der Waals surface area contributed by atoms with E-state index < -0.39 is 6.61 Å². The lowest BCUT2D eigenvalue weighted by Gasteiger charge is -2.34. The Balaban J connectivity index is 1.78. The van der Waals surface area contributed by atoms with Gasteiger partial charge in [-0.15, -0.1) is 0 Å². The van der Waals surface area contributed by atoms with Crippen LogP contribution >= 0.6 is 0 Å². The van der Waals surface area contributed by atoms with Crippen LogP contribution in [0, 0.1) is 5.92 Å². The van der Waals surface area contributed by atoms with Crippen LogP contribution in [0.25, 0.3) is 0 Å². The van der Waals surface area contributed by atoms with Crippen molar-refractivity contribution in [1.29, 1.82) is 0 Å². The fourth-order valence-corrected chi connectivity index (χ4v) is 3.10. The van der Waals surface area contributed by atoms with Gasteiger partial charge in [-0.3, -0.25) is 4.90 Å². The van der Waals surface area contributed by atoms with Crippen molar-refractivity contribution in [1.82, 2.24) is 15.5 Å². The maximum Gasteiger partial charge on any atom is 0.387 e. The van der Waals surface area contributed by atoms with Crippen molar-refractivity contribution in [3.63, 3.8) is 0 Å². The molecule has 1 unspecified atom stereocenters. The van der Waals surface area contributed by atoms with E-state index in [0.29, 0.717) is 12.1 Å². The second kappa shape index (κ2) is 10.3. The normalized spacial score (nSPS) is 16.8. The summed E-state index contributed by atoms with van der Waals surface area (Å²) in [7, 11) is 1.38. The third-order valence-corrected chi connectivity index (χ3v) is 4.90. The number of nitrogens with one attached hydrogen (secondary N) is 2. The molecule has 0 bridgehead atoms. The van der Waals surface area contributed by atoms with Gasteiger partial charge in [0.25, 0.3) is 0 Å². The van der Waals surface area contributed by atoms with Crippen LogP contribution in [0.1, 0.15) is 32.3 Å². The maximum atomic E-state index is 12.5. The molecular weight excluding hydrogens is 356 g/mol. The van der Waals surface area contributed by atoms with Crippen LogP contribution < -0.4 is 20.1 Å². The van der Waals surface area contributed by atoms with Crippen LogP contribution in [0.15, 0.2) is 18.2 Å². The summed E-state index contributed by atoms with van der Waals surface area (Å²) in [4.78, 5) is 14.4. The molecule has 1 aliphatic heterocycles. The second-order valence-corrected chi connectivity index (χ2v) is 6.99. The maximum absolute atomic E-state index is 12.5. The van der Waals surface area contributed by atoms with E-state index in [1.54, 1.807) is 6.07 Å². The first-order valence-electron chi connectivity index (χ1n) is 9.26. The van der Waals surface area contributed by atoms with E-state index in [-0.39, 0.29) is 30.1 Å². The van der Waals surface area contributed by atoms with Crippen molar-refractivity contribution in [2.45, 2.75) is 45.9 Å². The van der Waals surface area contributed by atoms with E-state index in [2.05, 4.69) is 34.1 Å². The fourth-order valence-electron chi connectivity index (χ4n) is 3.10. The number of halogens is 2. The van der Waals surface area contributed by atoms with Crippen molar-refractivity contribution in [3.8, 4) is 11.5 Å². The molecule has 8 heteroatoms. The average molecular weight is 385 g/mol. The number of methoxy groups -OCH3 is 1. The number of likely N-dealkylation sites (tertiary alicyclic amines) is 1. The summed E-state index contributed by atoms with van der Waals surface area (Å²) in [6, 6.07) is 4.64. The molecule has 0 spiro atoms. The number of piperidine rings is 1. The van der Waals surface area contributed by atoms with E-state index in [1.807, 2.05) is 0 Å². The van der Waals surface area contributed by atoms with E-state index in [1.165, 1.54) is 32.1 Å². The van der Waals surface area contributed by atoms with Crippen LogP contribution in [-0.2, 0) is 6.54 Å². The molecular formula is C19H29F2N3O3. The lowest BCUT2D eigenvalue weighted by molar-refractivity contribution is -0.0512. The van der Waals surface area contributed by atoms with Crippen molar-refractivity contribution >= 4 is 6.03 Å². The molecule has 1 saturated heterocycles. The van der Waals surface area contributed by atoms with Crippen LogP contribution in [0.5, 0.6) is 11.5 Å². The summed E-state index contributed by atoms with van der Waals surface area (Å²) in [5.41, 5.74) is 0.639. The van der Waals surface area contributed by atoms with Crippen LogP contribution in [0.3, 0.4) is 0 Å². The molecule has 1 aromatic rings. The molecule has 2 amide bonds. The number of hydrogen-bond donors (Lipinski definition) is 2. The summed E-state index contributed by atoms with van der Waals surface area (Å²) in [6.07, 6.45) is 2.38. The molecule has 6 nitrogen and oxygen atoms in total. The Morgan fingerprint density at radius 3 is 2.59 bits per heavy atom. The van der Waals surface area contributed by atoms with Gasteiger partial charge in [-0.1, -0.05) is 13.0 Å². The summed E-state index contributed by atoms with van der Waals surface area (Å²) >= 11 is 0. The highest BCUT2D eigenvalue weighted by Crippen LogP contribution is 2.29. The minimum atomic E-state index is -2.94. The van der Waals surface area contributed by atoms with E-state index >= 15 is 0 Å². The number of benzene rings is 1. The number of hydrogen-bond acceptors (Lipinski definition) is 4. The van der Waals surface area contributed by atoms with Gasteiger partial charge in [-0.2, -0.15) is 8.78 Å². The highest BCUT2D eigenvalue weighted by atomic mass is 19.3. The average Bonchev–Trinajstić information content (AvgIpc) is 2.64. The lowest BCUT2D eigenvalue weighted by Crippen LogP contribution is -2.47. The molecule has 0 saturated carbocycles. The minimum absolute atomic E-state index is 0.0554. The Morgan fingerprint density at radius 1 is 1.26 bits per heavy atom. The predicted octanol–water partition coefficient (Wildman–Crippen LogP) is 3.22. The third kappa shape index (κ3) is 6.86. The standard InChI is InChI=1S/C19H29F2N3O3/c1-13-6-8-24(9-7-13)14(2)11-22-19(25)23-12-15-4-5-16(26-3)17(10-15)27-18(20)21/h4-5,10,13-14,18H,6-9,11-12H2,1-3H3,(H2,22,23,25). The first-order valence-corrected chi connectivity index (χ1v) is 9.26. The Hall–Kier alpha value is -2.09. The highest BCUT2D eigenvalue weighted by molar-refractivity contribution is 5.73. The van der Waals surface area contributed by atoms with Gasteiger partial charge in [-0.05, 0) is 56.5 Å². The van der Waals surface area contributed by atoms with Gasteiger partial charge in [0.1, 0.15) is 0 Å². The minimum Gasteiger partial charge on any atom is -0.493 e. The zero-order chi connectivity index (χ0) is 19.8. The monoisotopic (exact) mass is 385 g/mol. The quantitative estimate of drug-likeness (QED) is 0.721. The van der Waals surface area contributed by atoms with Crippen molar-refractivity contribution in [2.24, 2.45) is 5.92 Å². The topological polar surface area (TPSA) is 62.8 Å².